The van der Waals surface area contributed by atoms with E-state index in [1.54, 1.807) is 32.0 Å². The minimum absolute atomic E-state index is 0.0971. The number of halogens is 4. The van der Waals surface area contributed by atoms with Crippen molar-refractivity contribution in [2.75, 3.05) is 0 Å². The number of nitrogens with zero attached hydrogens (tertiary/aromatic N) is 2. The van der Waals surface area contributed by atoms with Gasteiger partial charge in [-0.25, -0.2) is 4.79 Å². The predicted molar refractivity (Wildman–Crippen MR) is 127 cm³/mol. The number of carboxylic acids is 1. The first-order valence-electron chi connectivity index (χ1n) is 8.98. The van der Waals surface area contributed by atoms with Crippen LogP contribution in [0.3, 0.4) is 0 Å². The fraction of sp³-hybridized carbons (Fsp3) is 0.200. The van der Waals surface area contributed by atoms with Gasteiger partial charge < -0.3 is 22.7 Å². The van der Waals surface area contributed by atoms with E-state index in [0.717, 1.165) is 27.3 Å². The quantitative estimate of drug-likeness (QED) is 0.352. The van der Waals surface area contributed by atoms with Crippen LogP contribution >= 0.6 is 45.2 Å². The minimum Gasteiger partial charge on any atom is -0.478 e. The highest BCUT2D eigenvalue weighted by atomic mass is 127. The molecular formula is C20H17BF2I2N2O2. The molecule has 0 spiro atoms. The molecule has 0 saturated carbocycles. The number of hydrogen-bond acceptors (Lipinski definition) is 1. The maximum Gasteiger partial charge on any atom is 0.737 e. The molecule has 0 aliphatic carbocycles. The van der Waals surface area contributed by atoms with E-state index in [9.17, 15) is 9.90 Å². The van der Waals surface area contributed by atoms with Crippen molar-refractivity contribution in [3.8, 4) is 0 Å². The van der Waals surface area contributed by atoms with Gasteiger partial charge in [-0.2, -0.15) is 0 Å². The molecule has 3 heterocycles. The van der Waals surface area contributed by atoms with Crippen molar-refractivity contribution in [1.82, 2.24) is 4.48 Å². The molecule has 0 radical (unpaired) electrons. The van der Waals surface area contributed by atoms with Crippen molar-refractivity contribution >= 4 is 69.4 Å². The summed E-state index contributed by atoms with van der Waals surface area (Å²) in [7, 11) is 0. The fourth-order valence-electron chi connectivity index (χ4n) is 4.42. The molecule has 2 aromatic rings. The van der Waals surface area contributed by atoms with E-state index in [1.165, 1.54) is 6.07 Å². The van der Waals surface area contributed by atoms with Gasteiger partial charge in [-0.15, -0.1) is 0 Å². The molecule has 0 amide bonds. The molecule has 0 unspecified atom stereocenters. The molecule has 29 heavy (non-hydrogen) atoms. The molecule has 1 aromatic carbocycles. The van der Waals surface area contributed by atoms with Crippen LogP contribution in [0.4, 0.5) is 8.63 Å². The van der Waals surface area contributed by atoms with E-state index in [2.05, 4.69) is 45.2 Å². The van der Waals surface area contributed by atoms with Crippen LogP contribution in [-0.4, -0.2) is 32.7 Å². The monoisotopic (exact) mass is 620 g/mol. The summed E-state index contributed by atoms with van der Waals surface area (Å²) in [5.41, 5.74) is 4.33. The average molecular weight is 620 g/mol. The lowest BCUT2D eigenvalue weighted by Gasteiger charge is -2.34. The van der Waals surface area contributed by atoms with Gasteiger partial charge >= 0.3 is 12.9 Å². The van der Waals surface area contributed by atoms with Gasteiger partial charge in [-0.1, -0.05) is 18.2 Å². The number of benzene rings is 1. The van der Waals surface area contributed by atoms with Gasteiger partial charge in [-0.3, -0.25) is 0 Å². The smallest absolute Gasteiger partial charge is 0.478 e. The largest absolute Gasteiger partial charge is 0.737 e. The van der Waals surface area contributed by atoms with E-state index in [0.29, 0.717) is 33.9 Å². The molecule has 9 heteroatoms. The van der Waals surface area contributed by atoms with Crippen LogP contribution in [0.2, 0.25) is 0 Å². The summed E-state index contributed by atoms with van der Waals surface area (Å²) >= 11 is 4.19. The third kappa shape index (κ3) is 2.65. The highest BCUT2D eigenvalue weighted by Crippen LogP contribution is 2.48. The van der Waals surface area contributed by atoms with Crippen LogP contribution in [-0.2, 0) is 0 Å². The maximum atomic E-state index is 15.9. The highest BCUT2D eigenvalue weighted by molar-refractivity contribution is 14.1. The summed E-state index contributed by atoms with van der Waals surface area (Å²) in [6, 6.07) is 6.61. The molecule has 150 valence electrons. The van der Waals surface area contributed by atoms with Crippen molar-refractivity contribution in [2.24, 2.45) is 0 Å². The van der Waals surface area contributed by atoms with Crippen LogP contribution < -0.4 is 0 Å². The van der Waals surface area contributed by atoms with Crippen LogP contribution in [0.25, 0.3) is 5.57 Å². The van der Waals surface area contributed by atoms with E-state index in [4.69, 9.17) is 0 Å². The fourth-order valence-corrected chi connectivity index (χ4v) is 5.45. The Morgan fingerprint density at radius 2 is 1.76 bits per heavy atom. The number of fused-ring (bicyclic) bond motifs is 2. The molecule has 0 fully saturated rings. The zero-order chi connectivity index (χ0) is 21.4. The Hall–Kier alpha value is -1.50. The second-order valence-corrected chi connectivity index (χ2v) is 9.46. The van der Waals surface area contributed by atoms with Crippen LogP contribution in [0.5, 0.6) is 0 Å². The van der Waals surface area contributed by atoms with Crippen molar-refractivity contribution < 1.29 is 23.0 Å². The molecule has 0 saturated heterocycles. The number of rotatable bonds is 2. The van der Waals surface area contributed by atoms with Gasteiger partial charge in [0.05, 0.1) is 14.7 Å². The summed E-state index contributed by atoms with van der Waals surface area (Å²) in [4.78, 5) is 12.0. The Balaban J connectivity index is 2.28. The van der Waals surface area contributed by atoms with Gasteiger partial charge in [0, 0.05) is 27.3 Å². The first kappa shape index (κ1) is 20.8. The Morgan fingerprint density at radius 1 is 1.14 bits per heavy atom. The number of carboxylic acid groups (broad SMARTS) is 1. The third-order valence-electron chi connectivity index (χ3n) is 5.73. The first-order valence-corrected chi connectivity index (χ1v) is 11.1. The van der Waals surface area contributed by atoms with Gasteiger partial charge in [0.2, 0.25) is 0 Å². The summed E-state index contributed by atoms with van der Waals surface area (Å²) in [6.45, 7) is 2.91. The summed E-state index contributed by atoms with van der Waals surface area (Å²) in [6.07, 6.45) is 0. The molecule has 1 aromatic heterocycles. The normalized spacial score (nSPS) is 17.8. The number of aromatic carboxylic acids is 1. The molecule has 2 aliphatic heterocycles. The lowest BCUT2D eigenvalue weighted by Crippen LogP contribution is -2.51. The lowest BCUT2D eigenvalue weighted by atomic mass is 9.82. The molecule has 1 N–H and O–H groups in total. The topological polar surface area (TPSA) is 45.2 Å². The summed E-state index contributed by atoms with van der Waals surface area (Å²) in [5.74, 6) is -1.08. The van der Waals surface area contributed by atoms with Gasteiger partial charge in [0.1, 0.15) is 5.71 Å². The van der Waals surface area contributed by atoms with Gasteiger partial charge in [0.25, 0.3) is 0 Å². The molecule has 4 nitrogen and oxygen atoms in total. The lowest BCUT2D eigenvalue weighted by molar-refractivity contribution is -0.363. The Labute approximate surface area is 194 Å². The Morgan fingerprint density at radius 3 is 2.38 bits per heavy atom. The molecular weight excluding hydrogens is 603 g/mol. The van der Waals surface area contributed by atoms with Gasteiger partial charge in [-0.05, 0) is 83.3 Å². The third-order valence-corrected chi connectivity index (χ3v) is 8.91. The first-order chi connectivity index (χ1) is 13.5. The zero-order valence-electron chi connectivity index (χ0n) is 16.1. The van der Waals surface area contributed by atoms with Crippen LogP contribution in [0.1, 0.15) is 46.7 Å². The zero-order valence-corrected chi connectivity index (χ0v) is 20.5. The number of aromatic nitrogens is 1. The second-order valence-electron chi connectivity index (χ2n) is 7.30. The second kappa shape index (κ2) is 6.76. The SMILES string of the molecule is CC1=C(I)C(C)=[N+]2C1=C(c1ccccc1C(=O)O)c1c(C)c(I)c(C)n1[B-]2(F)F. The van der Waals surface area contributed by atoms with Crippen molar-refractivity contribution in [3.05, 3.63) is 70.8 Å². The predicted octanol–water partition coefficient (Wildman–Crippen LogP) is 5.60. The molecule has 4 rings (SSSR count). The Kier molecular flexibility index (Phi) is 4.84. The number of carbonyl (C=O) groups is 1. The average Bonchev–Trinajstić information content (AvgIpc) is 3.04. The number of allylic oxidation sites excluding steroid dienone is 2. The van der Waals surface area contributed by atoms with Crippen molar-refractivity contribution in [2.45, 2.75) is 27.7 Å². The van der Waals surface area contributed by atoms with E-state index in [1.807, 2.05) is 13.8 Å². The van der Waals surface area contributed by atoms with E-state index >= 15 is 8.63 Å². The standard InChI is InChI=1S/C20H17BF2I2N2O2/c1-9-16(24)11(3)26-18(9)15(13-7-5-6-8-14(13)20(28)29)19-10(2)17(25)12(4)27(19)21(26,22)23/h5-8H,1-4H3,(H,28,29). The maximum absolute atomic E-state index is 15.9. The molecule has 2 aliphatic rings. The van der Waals surface area contributed by atoms with Crippen molar-refractivity contribution in [3.63, 3.8) is 0 Å². The highest BCUT2D eigenvalue weighted by Gasteiger charge is 2.57. The number of hydrogen-bond donors (Lipinski definition) is 1. The molecule has 0 bridgehead atoms. The van der Waals surface area contributed by atoms with E-state index < -0.39 is 12.9 Å². The molecule has 0 atom stereocenters. The van der Waals surface area contributed by atoms with Crippen LogP contribution in [0.15, 0.2) is 39.1 Å². The van der Waals surface area contributed by atoms with Gasteiger partial charge in [0.15, 0.2) is 5.70 Å². The van der Waals surface area contributed by atoms with Crippen LogP contribution in [0, 0.1) is 17.4 Å². The Bertz CT molecular complexity index is 1230. The summed E-state index contributed by atoms with van der Waals surface area (Å²) < 4.78 is 35.5. The van der Waals surface area contributed by atoms with Crippen molar-refractivity contribution in [1.29, 1.82) is 0 Å². The minimum atomic E-state index is -4.11. The van der Waals surface area contributed by atoms with E-state index in [-0.39, 0.29) is 5.56 Å². The summed E-state index contributed by atoms with van der Waals surface area (Å²) in [5, 5.41) is 9.78.